The lowest BCUT2D eigenvalue weighted by atomic mass is 10.1. The van der Waals surface area contributed by atoms with Crippen LogP contribution in [-0.4, -0.2) is 28.6 Å². The van der Waals surface area contributed by atoms with Gasteiger partial charge < -0.3 is 10.8 Å². The van der Waals surface area contributed by atoms with E-state index in [0.717, 1.165) is 0 Å². The molecule has 0 aliphatic carbocycles. The molecular weight excluding hydrogens is 238 g/mol. The smallest absolute Gasteiger partial charge is 0.322 e. The van der Waals surface area contributed by atoms with Gasteiger partial charge in [-0.25, -0.2) is 0 Å². The predicted molar refractivity (Wildman–Crippen MR) is 65.2 cm³/mol. The highest BCUT2D eigenvalue weighted by Gasteiger charge is 2.17. The van der Waals surface area contributed by atoms with Crippen LogP contribution in [0.5, 0.6) is 0 Å². The average Bonchev–Trinajstić information content (AvgIpc) is 2.31. The summed E-state index contributed by atoms with van der Waals surface area (Å²) < 4.78 is 0. The van der Waals surface area contributed by atoms with Gasteiger partial charge >= 0.3 is 5.97 Å². The minimum atomic E-state index is -1.04. The first-order chi connectivity index (χ1) is 8.47. The first-order valence-electron chi connectivity index (χ1n) is 5.36. The fourth-order valence-electron chi connectivity index (χ4n) is 1.56. The Bertz CT molecular complexity index is 462. The van der Waals surface area contributed by atoms with Crippen molar-refractivity contribution in [3.8, 4) is 0 Å². The molecule has 0 aromatic heterocycles. The number of carboxylic acids is 1. The maximum atomic E-state index is 10.8. The van der Waals surface area contributed by atoms with Gasteiger partial charge in [0.2, 0.25) is 0 Å². The number of hydrogen-bond donors (Lipinski definition) is 3. The molecule has 0 aliphatic heterocycles. The van der Waals surface area contributed by atoms with Gasteiger partial charge in [-0.1, -0.05) is 12.1 Å². The number of nitro groups is 1. The third-order valence-electron chi connectivity index (χ3n) is 2.69. The van der Waals surface area contributed by atoms with Gasteiger partial charge in [-0.3, -0.25) is 20.2 Å². The molecule has 7 nitrogen and oxygen atoms in total. The quantitative estimate of drug-likeness (QED) is 0.499. The van der Waals surface area contributed by atoms with E-state index < -0.39 is 16.9 Å². The lowest BCUT2D eigenvalue weighted by molar-refractivity contribution is -0.385. The Kier molecular flexibility index (Phi) is 4.75. The molecule has 0 saturated carbocycles. The Morgan fingerprint density at radius 3 is 2.78 bits per heavy atom. The van der Waals surface area contributed by atoms with Crippen molar-refractivity contribution in [2.24, 2.45) is 5.73 Å². The lowest BCUT2D eigenvalue weighted by Gasteiger charge is -2.13. The van der Waals surface area contributed by atoms with E-state index in [1.165, 1.54) is 6.07 Å². The maximum Gasteiger partial charge on any atom is 0.322 e. The molecule has 1 rings (SSSR count). The summed E-state index contributed by atoms with van der Waals surface area (Å²) >= 11 is 0. The van der Waals surface area contributed by atoms with Crippen molar-refractivity contribution in [3.63, 3.8) is 0 Å². The van der Waals surface area contributed by atoms with Gasteiger partial charge in [0.1, 0.15) is 6.04 Å². The van der Waals surface area contributed by atoms with Crippen LogP contribution < -0.4 is 11.1 Å². The van der Waals surface area contributed by atoms with Gasteiger partial charge in [-0.15, -0.1) is 0 Å². The molecule has 0 radical (unpaired) electrons. The zero-order chi connectivity index (χ0) is 13.7. The summed E-state index contributed by atoms with van der Waals surface area (Å²) in [6, 6.07) is 3.84. The van der Waals surface area contributed by atoms with Crippen LogP contribution in [0.15, 0.2) is 18.2 Å². The Morgan fingerprint density at radius 1 is 1.61 bits per heavy atom. The molecular formula is C11H15N3O4. The van der Waals surface area contributed by atoms with Crippen molar-refractivity contribution in [2.45, 2.75) is 19.5 Å². The number of nitrogens with zero attached hydrogens (tertiary/aromatic N) is 1. The lowest BCUT2D eigenvalue weighted by Crippen LogP contribution is -2.42. The molecule has 1 aromatic carbocycles. The first kappa shape index (κ1) is 14.1. The van der Waals surface area contributed by atoms with Gasteiger partial charge in [-0.05, 0) is 12.5 Å². The number of aliphatic carboxylic acids is 1. The highest BCUT2D eigenvalue weighted by molar-refractivity contribution is 5.73. The van der Waals surface area contributed by atoms with Crippen molar-refractivity contribution >= 4 is 11.7 Å². The van der Waals surface area contributed by atoms with Gasteiger partial charge in [-0.2, -0.15) is 0 Å². The van der Waals surface area contributed by atoms with E-state index in [9.17, 15) is 14.9 Å². The van der Waals surface area contributed by atoms with Gasteiger partial charge in [0, 0.05) is 24.7 Å². The summed E-state index contributed by atoms with van der Waals surface area (Å²) in [4.78, 5) is 21.0. The van der Waals surface area contributed by atoms with Crippen molar-refractivity contribution < 1.29 is 14.8 Å². The molecule has 4 N–H and O–H groups in total. The largest absolute Gasteiger partial charge is 0.480 e. The molecule has 0 fully saturated rings. The number of rotatable bonds is 6. The third kappa shape index (κ3) is 3.25. The SMILES string of the molecule is Cc1c(CNC(CN)C(=O)O)cccc1[N+](=O)[O-]. The molecule has 1 unspecified atom stereocenters. The second kappa shape index (κ2) is 6.08. The summed E-state index contributed by atoms with van der Waals surface area (Å²) in [6.07, 6.45) is 0. The number of nitrogens with two attached hydrogens (primary N) is 1. The van der Waals surface area contributed by atoms with Gasteiger partial charge in [0.15, 0.2) is 0 Å². The number of nitro benzene ring substituents is 1. The summed E-state index contributed by atoms with van der Waals surface area (Å²) in [5.74, 6) is -1.04. The zero-order valence-electron chi connectivity index (χ0n) is 9.92. The molecule has 98 valence electrons. The normalized spacial score (nSPS) is 12.1. The Balaban J connectivity index is 2.82. The second-order valence-electron chi connectivity index (χ2n) is 3.83. The summed E-state index contributed by atoms with van der Waals surface area (Å²) in [5, 5.41) is 22.3. The topological polar surface area (TPSA) is 118 Å². The Labute approximate surface area is 104 Å². The van der Waals surface area contributed by atoms with Crippen LogP contribution in [0.3, 0.4) is 0 Å². The Hall–Kier alpha value is -1.99. The van der Waals surface area contributed by atoms with Crippen LogP contribution in [0, 0.1) is 17.0 Å². The third-order valence-corrected chi connectivity index (χ3v) is 2.69. The number of nitrogens with one attached hydrogen (secondary N) is 1. The van der Waals surface area contributed by atoms with E-state index in [4.69, 9.17) is 10.8 Å². The zero-order valence-corrected chi connectivity index (χ0v) is 9.92. The number of hydrogen-bond acceptors (Lipinski definition) is 5. The molecule has 0 bridgehead atoms. The maximum absolute atomic E-state index is 10.8. The van der Waals surface area contributed by atoms with Crippen LogP contribution in [0.2, 0.25) is 0 Å². The predicted octanol–water partition coefficient (Wildman–Crippen LogP) is 0.405. The molecule has 0 saturated heterocycles. The summed E-state index contributed by atoms with van der Waals surface area (Å²) in [6.45, 7) is 1.82. The minimum Gasteiger partial charge on any atom is -0.480 e. The van der Waals surface area contributed by atoms with E-state index in [2.05, 4.69) is 5.32 Å². The molecule has 1 aromatic rings. The molecule has 1 atom stereocenters. The van der Waals surface area contributed by atoms with Crippen LogP contribution in [0.25, 0.3) is 0 Å². The van der Waals surface area contributed by atoms with Crippen LogP contribution in [0.4, 0.5) is 5.69 Å². The van der Waals surface area contributed by atoms with E-state index in [0.29, 0.717) is 11.1 Å². The fourth-order valence-corrected chi connectivity index (χ4v) is 1.56. The second-order valence-corrected chi connectivity index (χ2v) is 3.83. The van der Waals surface area contributed by atoms with Crippen LogP contribution >= 0.6 is 0 Å². The highest BCUT2D eigenvalue weighted by atomic mass is 16.6. The summed E-state index contributed by atoms with van der Waals surface area (Å²) in [7, 11) is 0. The Morgan fingerprint density at radius 2 is 2.28 bits per heavy atom. The highest BCUT2D eigenvalue weighted by Crippen LogP contribution is 2.20. The molecule has 0 heterocycles. The minimum absolute atomic E-state index is 0.0222. The van der Waals surface area contributed by atoms with Gasteiger partial charge in [0.25, 0.3) is 5.69 Å². The fraction of sp³-hybridized carbons (Fsp3) is 0.364. The van der Waals surface area contributed by atoms with E-state index in [1.54, 1.807) is 19.1 Å². The van der Waals surface area contributed by atoms with Crippen molar-refractivity contribution in [1.29, 1.82) is 0 Å². The molecule has 0 amide bonds. The standard InChI is InChI=1S/C11H15N3O4/c1-7-8(3-2-4-10(7)14(17)18)6-13-9(5-12)11(15)16/h2-4,9,13H,5-6,12H2,1H3,(H,15,16). The van der Waals surface area contributed by atoms with Crippen molar-refractivity contribution in [3.05, 3.63) is 39.4 Å². The molecule has 0 aliphatic rings. The van der Waals surface area contributed by atoms with Crippen molar-refractivity contribution in [1.82, 2.24) is 5.32 Å². The van der Waals surface area contributed by atoms with Crippen LogP contribution in [-0.2, 0) is 11.3 Å². The average molecular weight is 253 g/mol. The molecule has 18 heavy (non-hydrogen) atoms. The van der Waals surface area contributed by atoms with Gasteiger partial charge in [0.05, 0.1) is 4.92 Å². The number of benzene rings is 1. The van der Waals surface area contributed by atoms with E-state index in [-0.39, 0.29) is 18.8 Å². The first-order valence-corrected chi connectivity index (χ1v) is 5.36. The van der Waals surface area contributed by atoms with E-state index >= 15 is 0 Å². The van der Waals surface area contributed by atoms with Crippen LogP contribution in [0.1, 0.15) is 11.1 Å². The van der Waals surface area contributed by atoms with E-state index in [1.807, 2.05) is 0 Å². The number of carbonyl (C=O) groups is 1. The molecule has 7 heteroatoms. The monoisotopic (exact) mass is 253 g/mol. The number of carboxylic acid groups (broad SMARTS) is 1. The van der Waals surface area contributed by atoms with Crippen molar-refractivity contribution in [2.75, 3.05) is 6.54 Å². The molecule has 0 spiro atoms. The summed E-state index contributed by atoms with van der Waals surface area (Å²) in [5.41, 5.74) is 6.53.